The van der Waals surface area contributed by atoms with Gasteiger partial charge in [-0.2, -0.15) is 11.8 Å². The molecule has 1 rings (SSSR count). The lowest BCUT2D eigenvalue weighted by atomic mass is 9.94. The molecule has 1 fully saturated rings. The number of unbranched alkanes of at least 4 members (excludes halogenated alkanes) is 1. The first-order valence-corrected chi connectivity index (χ1v) is 9.13. The molecular weight excluding hydrogens is 270 g/mol. The molecule has 0 radical (unpaired) electrons. The topological polar surface area (TPSA) is 38.3 Å². The number of rotatable bonds is 11. The first kappa shape index (κ1) is 17.8. The van der Waals surface area contributed by atoms with Gasteiger partial charge in [0.25, 0.3) is 0 Å². The number of hydrogen-bond donors (Lipinski definition) is 1. The Labute approximate surface area is 128 Å². The molecule has 2 atom stereocenters. The monoisotopic (exact) mass is 301 g/mol. The van der Waals surface area contributed by atoms with E-state index < -0.39 is 5.54 Å². The van der Waals surface area contributed by atoms with Crippen molar-refractivity contribution in [2.24, 2.45) is 0 Å². The van der Waals surface area contributed by atoms with Crippen molar-refractivity contribution in [2.45, 2.75) is 83.1 Å². The SMILES string of the molecule is CCOC(=O)C(C)(CCCCSC(C)CC)NC1CC1. The Bertz CT molecular complexity index is 294. The Balaban J connectivity index is 2.30. The van der Waals surface area contributed by atoms with Crippen LogP contribution in [0.4, 0.5) is 0 Å². The van der Waals surface area contributed by atoms with E-state index in [-0.39, 0.29) is 5.97 Å². The molecule has 0 aromatic rings. The van der Waals surface area contributed by atoms with Gasteiger partial charge in [-0.1, -0.05) is 20.3 Å². The van der Waals surface area contributed by atoms with Crippen LogP contribution in [0.5, 0.6) is 0 Å². The molecule has 1 N–H and O–H groups in total. The van der Waals surface area contributed by atoms with Crippen molar-refractivity contribution in [3.05, 3.63) is 0 Å². The van der Waals surface area contributed by atoms with Gasteiger partial charge in [-0.25, -0.2) is 0 Å². The minimum absolute atomic E-state index is 0.0820. The van der Waals surface area contributed by atoms with Gasteiger partial charge in [0.15, 0.2) is 0 Å². The summed E-state index contributed by atoms with van der Waals surface area (Å²) >= 11 is 2.04. The Kier molecular flexibility index (Phi) is 7.96. The summed E-state index contributed by atoms with van der Waals surface area (Å²) in [5.74, 6) is 1.11. The zero-order valence-electron chi connectivity index (χ0n) is 13.5. The van der Waals surface area contributed by atoms with Gasteiger partial charge < -0.3 is 4.74 Å². The normalized spacial score (nSPS) is 19.4. The predicted molar refractivity (Wildman–Crippen MR) is 87.3 cm³/mol. The van der Waals surface area contributed by atoms with Crippen LogP contribution in [-0.2, 0) is 9.53 Å². The van der Waals surface area contributed by atoms with Crippen molar-refractivity contribution in [1.82, 2.24) is 5.32 Å². The van der Waals surface area contributed by atoms with Gasteiger partial charge in [-0.05, 0) is 51.7 Å². The molecule has 0 amide bonds. The lowest BCUT2D eigenvalue weighted by molar-refractivity contribution is -0.151. The molecule has 2 unspecified atom stereocenters. The molecule has 1 aliphatic rings. The summed E-state index contributed by atoms with van der Waals surface area (Å²) in [6.07, 6.45) is 6.75. The van der Waals surface area contributed by atoms with Gasteiger partial charge in [0.1, 0.15) is 5.54 Å². The number of carbonyl (C=O) groups excluding carboxylic acids is 1. The average Bonchev–Trinajstić information content (AvgIpc) is 3.22. The summed E-state index contributed by atoms with van der Waals surface area (Å²) < 4.78 is 5.24. The Morgan fingerprint density at radius 3 is 2.65 bits per heavy atom. The van der Waals surface area contributed by atoms with Gasteiger partial charge in [-0.3, -0.25) is 10.1 Å². The largest absolute Gasteiger partial charge is 0.465 e. The first-order chi connectivity index (χ1) is 9.51. The van der Waals surface area contributed by atoms with E-state index in [0.717, 1.165) is 18.1 Å². The highest BCUT2D eigenvalue weighted by molar-refractivity contribution is 7.99. The number of esters is 1. The number of hydrogen-bond acceptors (Lipinski definition) is 4. The molecule has 0 aliphatic heterocycles. The first-order valence-electron chi connectivity index (χ1n) is 8.08. The second-order valence-corrected chi connectivity index (χ2v) is 7.56. The number of nitrogens with one attached hydrogen (secondary N) is 1. The molecule has 20 heavy (non-hydrogen) atoms. The zero-order chi connectivity index (χ0) is 15.0. The maximum atomic E-state index is 12.2. The molecule has 0 heterocycles. The van der Waals surface area contributed by atoms with Gasteiger partial charge in [0.05, 0.1) is 6.61 Å². The molecule has 0 aromatic carbocycles. The third-order valence-electron chi connectivity index (χ3n) is 3.87. The summed E-state index contributed by atoms with van der Waals surface area (Å²) in [6, 6.07) is 0.527. The van der Waals surface area contributed by atoms with Crippen molar-refractivity contribution in [3.8, 4) is 0 Å². The van der Waals surface area contributed by atoms with Gasteiger partial charge in [0, 0.05) is 11.3 Å². The Morgan fingerprint density at radius 1 is 1.40 bits per heavy atom. The van der Waals surface area contributed by atoms with Crippen LogP contribution in [0, 0.1) is 0 Å². The summed E-state index contributed by atoms with van der Waals surface area (Å²) in [5, 5.41) is 4.23. The van der Waals surface area contributed by atoms with Crippen molar-refractivity contribution in [3.63, 3.8) is 0 Å². The van der Waals surface area contributed by atoms with E-state index in [1.165, 1.54) is 31.4 Å². The van der Waals surface area contributed by atoms with Crippen LogP contribution in [0.2, 0.25) is 0 Å². The average molecular weight is 301 g/mol. The molecule has 1 saturated carbocycles. The second-order valence-electron chi connectivity index (χ2n) is 6.02. The Morgan fingerprint density at radius 2 is 2.10 bits per heavy atom. The highest BCUT2D eigenvalue weighted by Crippen LogP contribution is 2.26. The van der Waals surface area contributed by atoms with Crippen molar-refractivity contribution >= 4 is 17.7 Å². The highest BCUT2D eigenvalue weighted by atomic mass is 32.2. The van der Waals surface area contributed by atoms with E-state index in [9.17, 15) is 4.79 Å². The van der Waals surface area contributed by atoms with Crippen molar-refractivity contribution < 1.29 is 9.53 Å². The molecule has 0 saturated heterocycles. The molecule has 0 spiro atoms. The standard InChI is InChI=1S/C16H31NO2S/c1-5-13(3)20-12-8-7-11-16(4,15(18)19-6-2)17-14-9-10-14/h13-14,17H,5-12H2,1-4H3. The number of carbonyl (C=O) groups is 1. The number of thioether (sulfide) groups is 1. The smallest absolute Gasteiger partial charge is 0.326 e. The van der Waals surface area contributed by atoms with E-state index in [0.29, 0.717) is 12.6 Å². The van der Waals surface area contributed by atoms with Crippen LogP contribution in [0.1, 0.15) is 66.2 Å². The van der Waals surface area contributed by atoms with Crippen LogP contribution in [0.15, 0.2) is 0 Å². The van der Waals surface area contributed by atoms with Gasteiger partial charge in [0.2, 0.25) is 0 Å². The summed E-state index contributed by atoms with van der Waals surface area (Å²) in [7, 11) is 0. The van der Waals surface area contributed by atoms with Crippen LogP contribution in [0.25, 0.3) is 0 Å². The van der Waals surface area contributed by atoms with Crippen LogP contribution in [-0.4, -0.2) is 35.2 Å². The third-order valence-corrected chi connectivity index (χ3v) is 5.30. The molecule has 3 nitrogen and oxygen atoms in total. The highest BCUT2D eigenvalue weighted by Gasteiger charge is 2.38. The Hall–Kier alpha value is -0.220. The van der Waals surface area contributed by atoms with Crippen LogP contribution >= 0.6 is 11.8 Å². The fourth-order valence-corrected chi connectivity index (χ4v) is 3.19. The fraction of sp³-hybridized carbons (Fsp3) is 0.938. The van der Waals surface area contributed by atoms with Crippen LogP contribution in [0.3, 0.4) is 0 Å². The minimum Gasteiger partial charge on any atom is -0.465 e. The van der Waals surface area contributed by atoms with E-state index in [1.54, 1.807) is 0 Å². The fourth-order valence-electron chi connectivity index (χ4n) is 2.18. The minimum atomic E-state index is -0.488. The lowest BCUT2D eigenvalue weighted by Crippen LogP contribution is -2.51. The van der Waals surface area contributed by atoms with E-state index in [4.69, 9.17) is 4.74 Å². The zero-order valence-corrected chi connectivity index (χ0v) is 14.4. The molecular formula is C16H31NO2S. The molecule has 0 aromatic heterocycles. The van der Waals surface area contributed by atoms with Crippen LogP contribution < -0.4 is 5.32 Å². The van der Waals surface area contributed by atoms with Gasteiger partial charge in [-0.15, -0.1) is 0 Å². The molecule has 118 valence electrons. The van der Waals surface area contributed by atoms with Crippen molar-refractivity contribution in [2.75, 3.05) is 12.4 Å². The molecule has 1 aliphatic carbocycles. The lowest BCUT2D eigenvalue weighted by Gasteiger charge is -2.28. The van der Waals surface area contributed by atoms with E-state index in [1.807, 2.05) is 25.6 Å². The maximum Gasteiger partial charge on any atom is 0.326 e. The number of ether oxygens (including phenoxy) is 1. The molecule has 0 bridgehead atoms. The third kappa shape index (κ3) is 6.49. The van der Waals surface area contributed by atoms with Crippen molar-refractivity contribution in [1.29, 1.82) is 0 Å². The van der Waals surface area contributed by atoms with Gasteiger partial charge >= 0.3 is 5.97 Å². The second kappa shape index (κ2) is 8.93. The molecule has 4 heteroatoms. The predicted octanol–water partition coefficient (Wildman–Crippen LogP) is 3.76. The van der Waals surface area contributed by atoms with E-state index >= 15 is 0 Å². The summed E-state index contributed by atoms with van der Waals surface area (Å²) in [6.45, 7) is 8.85. The van der Waals surface area contributed by atoms with E-state index in [2.05, 4.69) is 19.2 Å². The summed E-state index contributed by atoms with van der Waals surface area (Å²) in [5.41, 5.74) is -0.488. The quantitative estimate of drug-likeness (QED) is 0.466. The summed E-state index contributed by atoms with van der Waals surface area (Å²) in [4.78, 5) is 12.2. The maximum absolute atomic E-state index is 12.2.